The third-order valence-corrected chi connectivity index (χ3v) is 6.04. The summed E-state index contributed by atoms with van der Waals surface area (Å²) in [5.41, 5.74) is 2.10. The zero-order chi connectivity index (χ0) is 22.2. The van der Waals surface area contributed by atoms with Gasteiger partial charge in [-0.3, -0.25) is 14.4 Å². The predicted octanol–water partition coefficient (Wildman–Crippen LogP) is 3.73. The highest BCUT2D eigenvalue weighted by molar-refractivity contribution is 6.00. The third-order valence-electron chi connectivity index (χ3n) is 6.04. The van der Waals surface area contributed by atoms with Gasteiger partial charge in [0.25, 0.3) is 11.5 Å². The highest BCUT2D eigenvalue weighted by atomic mass is 35.5. The second-order valence-corrected chi connectivity index (χ2v) is 8.51. The first-order chi connectivity index (χ1) is 15.0. The molecule has 2 heterocycles. The first-order valence-corrected chi connectivity index (χ1v) is 11.2. The smallest absolute Gasteiger partial charge is 0.263 e. The van der Waals surface area contributed by atoms with Gasteiger partial charge in [-0.15, -0.1) is 12.4 Å². The number of hydrogen-bond acceptors (Lipinski definition) is 4. The van der Waals surface area contributed by atoms with Crippen LogP contribution in [0.5, 0.6) is 0 Å². The molecular weight excluding hydrogens is 426 g/mol. The minimum atomic E-state index is -0.469. The molecule has 2 aromatic rings. The second-order valence-electron chi connectivity index (χ2n) is 8.51. The van der Waals surface area contributed by atoms with Gasteiger partial charge in [0.2, 0.25) is 0 Å². The molecule has 3 rings (SSSR count). The fraction of sp³-hybridized carbons (Fsp3) is 0.480. The fourth-order valence-corrected chi connectivity index (χ4v) is 4.24. The van der Waals surface area contributed by atoms with Gasteiger partial charge in [0.15, 0.2) is 5.78 Å². The number of piperidine rings is 1. The number of ketones is 1. The lowest BCUT2D eigenvalue weighted by molar-refractivity contribution is 0.0961. The molecule has 2 N–H and O–H groups in total. The molecule has 0 unspecified atom stereocenters. The van der Waals surface area contributed by atoms with E-state index in [2.05, 4.69) is 10.6 Å². The first-order valence-electron chi connectivity index (χ1n) is 11.2. The van der Waals surface area contributed by atoms with E-state index >= 15 is 0 Å². The number of pyridine rings is 1. The first kappa shape index (κ1) is 25.8. The van der Waals surface area contributed by atoms with Crippen LogP contribution in [-0.4, -0.2) is 36.4 Å². The Morgan fingerprint density at radius 2 is 1.91 bits per heavy atom. The molecule has 0 spiro atoms. The van der Waals surface area contributed by atoms with Crippen molar-refractivity contribution in [2.24, 2.45) is 5.92 Å². The Hall–Kier alpha value is -2.44. The number of unbranched alkanes of at least 4 members (excludes halogenated alkanes) is 1. The number of carbonyl (C=O) groups excluding carboxylic acids is 2. The number of benzene rings is 1. The van der Waals surface area contributed by atoms with Gasteiger partial charge in [-0.05, 0) is 56.8 Å². The molecule has 0 radical (unpaired) electrons. The highest BCUT2D eigenvalue weighted by Gasteiger charge is 2.17. The van der Waals surface area contributed by atoms with E-state index in [0.29, 0.717) is 18.5 Å². The SMILES string of the molecule is CNC(=O)c1cc(C(=O)CCCCC2CCNCC2)cn(Cc2cccc(C)c2)c1=O.Cl. The Morgan fingerprint density at radius 3 is 2.59 bits per heavy atom. The predicted molar refractivity (Wildman–Crippen MR) is 130 cm³/mol. The maximum absolute atomic E-state index is 12.9. The number of rotatable bonds is 9. The molecule has 1 aliphatic rings. The Balaban J connectivity index is 0.00000363. The number of nitrogens with one attached hydrogen (secondary N) is 2. The normalized spacial score (nSPS) is 13.9. The summed E-state index contributed by atoms with van der Waals surface area (Å²) in [6.45, 7) is 4.50. The van der Waals surface area contributed by atoms with Gasteiger partial charge in [-0.1, -0.05) is 42.7 Å². The molecule has 1 aromatic heterocycles. The van der Waals surface area contributed by atoms with Crippen LogP contribution in [0.2, 0.25) is 0 Å². The van der Waals surface area contributed by atoms with E-state index in [0.717, 1.165) is 49.4 Å². The van der Waals surface area contributed by atoms with Gasteiger partial charge in [0, 0.05) is 25.2 Å². The summed E-state index contributed by atoms with van der Waals surface area (Å²) in [7, 11) is 1.49. The summed E-state index contributed by atoms with van der Waals surface area (Å²) in [6.07, 6.45) is 7.48. The summed E-state index contributed by atoms with van der Waals surface area (Å²) in [6, 6.07) is 9.32. The molecular formula is C25H34ClN3O3. The number of amides is 1. The van der Waals surface area contributed by atoms with Crippen molar-refractivity contribution in [3.05, 3.63) is 69.1 Å². The molecule has 1 aliphatic heterocycles. The Bertz CT molecular complexity index is 981. The molecule has 1 fully saturated rings. The van der Waals surface area contributed by atoms with Crippen molar-refractivity contribution in [1.82, 2.24) is 15.2 Å². The molecule has 32 heavy (non-hydrogen) atoms. The molecule has 6 nitrogen and oxygen atoms in total. The minimum Gasteiger partial charge on any atom is -0.355 e. The van der Waals surface area contributed by atoms with Crippen LogP contribution in [0.3, 0.4) is 0 Å². The monoisotopic (exact) mass is 459 g/mol. The fourth-order valence-electron chi connectivity index (χ4n) is 4.24. The molecule has 0 aliphatic carbocycles. The average Bonchev–Trinajstić information content (AvgIpc) is 2.78. The van der Waals surface area contributed by atoms with Crippen LogP contribution in [0.4, 0.5) is 0 Å². The standard InChI is InChI=1S/C25H33N3O3.ClH/c1-18-6-5-8-20(14-18)16-28-17-21(15-22(25(28)31)24(30)26-2)23(29)9-4-3-7-19-10-12-27-13-11-19;/h5-6,8,14-15,17,19,27H,3-4,7,9-13,16H2,1-2H3,(H,26,30);1H. The van der Waals surface area contributed by atoms with Crippen LogP contribution < -0.4 is 16.2 Å². The highest BCUT2D eigenvalue weighted by Crippen LogP contribution is 2.20. The quantitative estimate of drug-likeness (QED) is 0.442. The number of Topliss-reactive ketones (excluding diaryl/α,β-unsaturated/α-hetero) is 1. The van der Waals surface area contributed by atoms with Crippen molar-refractivity contribution in [1.29, 1.82) is 0 Å². The summed E-state index contributed by atoms with van der Waals surface area (Å²) >= 11 is 0. The number of carbonyl (C=O) groups is 2. The summed E-state index contributed by atoms with van der Waals surface area (Å²) in [4.78, 5) is 38.0. The molecule has 7 heteroatoms. The number of aryl methyl sites for hydroxylation is 1. The lowest BCUT2D eigenvalue weighted by Gasteiger charge is -2.22. The summed E-state index contributed by atoms with van der Waals surface area (Å²) < 4.78 is 1.47. The van der Waals surface area contributed by atoms with Gasteiger partial charge in [-0.25, -0.2) is 0 Å². The molecule has 1 saturated heterocycles. The van der Waals surface area contributed by atoms with E-state index in [-0.39, 0.29) is 29.3 Å². The Morgan fingerprint density at radius 1 is 1.16 bits per heavy atom. The van der Waals surface area contributed by atoms with Gasteiger partial charge >= 0.3 is 0 Å². The second kappa shape index (κ2) is 12.6. The summed E-state index contributed by atoms with van der Waals surface area (Å²) in [5, 5.41) is 5.89. The zero-order valence-electron chi connectivity index (χ0n) is 19.0. The maximum Gasteiger partial charge on any atom is 0.263 e. The Kier molecular flexibility index (Phi) is 10.1. The molecule has 1 aromatic carbocycles. The van der Waals surface area contributed by atoms with E-state index in [4.69, 9.17) is 0 Å². The topological polar surface area (TPSA) is 80.2 Å². The van der Waals surface area contributed by atoms with Crippen molar-refractivity contribution in [2.45, 2.75) is 52.0 Å². The molecule has 174 valence electrons. The van der Waals surface area contributed by atoms with Crippen LogP contribution >= 0.6 is 12.4 Å². The number of hydrogen-bond donors (Lipinski definition) is 2. The minimum absolute atomic E-state index is 0. The van der Waals surface area contributed by atoms with Crippen LogP contribution in [-0.2, 0) is 6.54 Å². The average molecular weight is 460 g/mol. The molecule has 0 bridgehead atoms. The van der Waals surface area contributed by atoms with Crippen molar-refractivity contribution in [2.75, 3.05) is 20.1 Å². The van der Waals surface area contributed by atoms with E-state index in [1.165, 1.54) is 30.5 Å². The molecule has 0 atom stereocenters. The van der Waals surface area contributed by atoms with Crippen LogP contribution in [0, 0.1) is 12.8 Å². The maximum atomic E-state index is 12.9. The van der Waals surface area contributed by atoms with Gasteiger partial charge in [0.05, 0.1) is 6.54 Å². The van der Waals surface area contributed by atoms with Gasteiger partial charge < -0.3 is 15.2 Å². The van der Waals surface area contributed by atoms with Gasteiger partial charge in [0.1, 0.15) is 5.56 Å². The van der Waals surface area contributed by atoms with Crippen LogP contribution in [0.25, 0.3) is 0 Å². The number of aromatic nitrogens is 1. The number of halogens is 1. The van der Waals surface area contributed by atoms with E-state index < -0.39 is 5.91 Å². The zero-order valence-corrected chi connectivity index (χ0v) is 19.8. The van der Waals surface area contributed by atoms with E-state index in [9.17, 15) is 14.4 Å². The lowest BCUT2D eigenvalue weighted by atomic mass is 9.92. The summed E-state index contributed by atoms with van der Waals surface area (Å²) in [5.74, 6) is 0.268. The van der Waals surface area contributed by atoms with E-state index in [1.54, 1.807) is 6.20 Å². The van der Waals surface area contributed by atoms with Crippen LogP contribution in [0.1, 0.15) is 70.4 Å². The van der Waals surface area contributed by atoms with Crippen molar-refractivity contribution in [3.8, 4) is 0 Å². The largest absolute Gasteiger partial charge is 0.355 e. The van der Waals surface area contributed by atoms with E-state index in [1.807, 2.05) is 31.2 Å². The Labute approximate surface area is 196 Å². The van der Waals surface area contributed by atoms with Crippen molar-refractivity contribution >= 4 is 24.1 Å². The molecule has 1 amide bonds. The third kappa shape index (κ3) is 7.04. The molecule has 0 saturated carbocycles. The van der Waals surface area contributed by atoms with Crippen LogP contribution in [0.15, 0.2) is 41.3 Å². The number of nitrogens with zero attached hydrogens (tertiary/aromatic N) is 1. The lowest BCUT2D eigenvalue weighted by Crippen LogP contribution is -2.32. The van der Waals surface area contributed by atoms with Crippen molar-refractivity contribution < 1.29 is 9.59 Å². The van der Waals surface area contributed by atoms with Gasteiger partial charge in [-0.2, -0.15) is 0 Å². The van der Waals surface area contributed by atoms with Crippen molar-refractivity contribution in [3.63, 3.8) is 0 Å².